The molecule has 2 aromatic carbocycles. The molecule has 3 aromatic rings. The van der Waals surface area contributed by atoms with Gasteiger partial charge in [0.25, 0.3) is 0 Å². The number of benzene rings is 2. The van der Waals surface area contributed by atoms with Crippen LogP contribution in [0.15, 0.2) is 53.9 Å². The van der Waals surface area contributed by atoms with Gasteiger partial charge in [-0.15, -0.1) is 11.3 Å². The fraction of sp³-hybridized carbons (Fsp3) is 0.125. The van der Waals surface area contributed by atoms with Crippen molar-refractivity contribution in [3.8, 4) is 11.1 Å². The molecule has 0 spiro atoms. The third kappa shape index (κ3) is 1.87. The van der Waals surface area contributed by atoms with Gasteiger partial charge in [0.1, 0.15) is 0 Å². The highest BCUT2D eigenvalue weighted by Crippen LogP contribution is 2.33. The maximum Gasteiger partial charge on any atom is 0.0349 e. The van der Waals surface area contributed by atoms with Crippen molar-refractivity contribution in [1.29, 1.82) is 0 Å². The summed E-state index contributed by atoms with van der Waals surface area (Å²) in [6, 6.07) is 17.5. The topological polar surface area (TPSA) is 0 Å². The van der Waals surface area contributed by atoms with E-state index in [2.05, 4.69) is 60.8 Å². The summed E-state index contributed by atoms with van der Waals surface area (Å²) in [5.41, 5.74) is 4.07. The molecule has 0 fully saturated rings. The van der Waals surface area contributed by atoms with E-state index in [4.69, 9.17) is 0 Å². The largest absolute Gasteiger partial charge is 0.143 e. The lowest BCUT2D eigenvalue weighted by Gasteiger charge is -2.01. The first-order valence-electron chi connectivity index (χ1n) is 5.94. The normalized spacial score (nSPS) is 10.9. The molecule has 0 bridgehead atoms. The molecule has 0 saturated heterocycles. The molecular weight excluding hydrogens is 224 g/mol. The van der Waals surface area contributed by atoms with E-state index < -0.39 is 0 Å². The highest BCUT2D eigenvalue weighted by atomic mass is 32.1. The van der Waals surface area contributed by atoms with E-state index >= 15 is 0 Å². The molecule has 0 nitrogen and oxygen atoms in total. The highest BCUT2D eigenvalue weighted by molar-refractivity contribution is 7.17. The van der Waals surface area contributed by atoms with Crippen LogP contribution in [0.25, 0.3) is 21.2 Å². The van der Waals surface area contributed by atoms with E-state index in [1.54, 1.807) is 0 Å². The van der Waals surface area contributed by atoms with Crippen molar-refractivity contribution < 1.29 is 0 Å². The van der Waals surface area contributed by atoms with Crippen LogP contribution in [0.4, 0.5) is 0 Å². The Balaban J connectivity index is 2.13. The third-order valence-electron chi connectivity index (χ3n) is 3.15. The Morgan fingerprint density at radius 3 is 2.47 bits per heavy atom. The smallest absolute Gasteiger partial charge is 0.0349 e. The van der Waals surface area contributed by atoms with Gasteiger partial charge < -0.3 is 0 Å². The molecule has 84 valence electrons. The molecule has 0 atom stereocenters. The Kier molecular flexibility index (Phi) is 2.69. The maximum absolute atomic E-state index is 2.26. The second-order valence-electron chi connectivity index (χ2n) is 4.20. The zero-order valence-electron chi connectivity index (χ0n) is 9.81. The zero-order valence-corrected chi connectivity index (χ0v) is 10.6. The minimum absolute atomic E-state index is 1.10. The second kappa shape index (κ2) is 4.34. The molecule has 0 aliphatic carbocycles. The molecule has 0 saturated carbocycles. The molecule has 0 unspecified atom stereocenters. The molecule has 0 aliphatic rings. The number of rotatable bonds is 2. The van der Waals surface area contributed by atoms with Crippen LogP contribution in [0, 0.1) is 0 Å². The summed E-state index contributed by atoms with van der Waals surface area (Å²) in [7, 11) is 0. The molecule has 17 heavy (non-hydrogen) atoms. The molecule has 0 amide bonds. The lowest BCUT2D eigenvalue weighted by Crippen LogP contribution is -1.80. The Bertz CT molecular complexity index is 632. The zero-order chi connectivity index (χ0) is 11.7. The lowest BCUT2D eigenvalue weighted by molar-refractivity contribution is 1.14. The van der Waals surface area contributed by atoms with Crippen LogP contribution in [0.1, 0.15) is 12.5 Å². The minimum Gasteiger partial charge on any atom is -0.143 e. The first-order chi connectivity index (χ1) is 8.38. The summed E-state index contributed by atoms with van der Waals surface area (Å²) in [4.78, 5) is 0. The standard InChI is InChI=1S/C16H14S/c1-2-12-7-9-13(10-8-12)15-11-17-16-6-4-3-5-14(15)16/h3-11H,2H2,1H3. The quantitative estimate of drug-likeness (QED) is 0.580. The molecule has 0 N–H and O–H groups in total. The van der Waals surface area contributed by atoms with E-state index in [0.717, 1.165) is 6.42 Å². The Hall–Kier alpha value is -1.60. The van der Waals surface area contributed by atoms with Gasteiger partial charge in [-0.05, 0) is 29.0 Å². The van der Waals surface area contributed by atoms with Crippen LogP contribution < -0.4 is 0 Å². The van der Waals surface area contributed by atoms with E-state index in [0.29, 0.717) is 0 Å². The van der Waals surface area contributed by atoms with Crippen LogP contribution in [-0.2, 0) is 6.42 Å². The van der Waals surface area contributed by atoms with Crippen molar-refractivity contribution in [2.24, 2.45) is 0 Å². The van der Waals surface area contributed by atoms with Crippen LogP contribution in [0.5, 0.6) is 0 Å². The van der Waals surface area contributed by atoms with Gasteiger partial charge in [0.2, 0.25) is 0 Å². The molecule has 1 heteroatoms. The first-order valence-corrected chi connectivity index (χ1v) is 6.82. The average Bonchev–Trinajstić information content (AvgIpc) is 2.83. The van der Waals surface area contributed by atoms with E-state index in [9.17, 15) is 0 Å². The van der Waals surface area contributed by atoms with E-state index in [1.165, 1.54) is 26.8 Å². The van der Waals surface area contributed by atoms with Crippen LogP contribution in [-0.4, -0.2) is 0 Å². The van der Waals surface area contributed by atoms with E-state index in [-0.39, 0.29) is 0 Å². The third-order valence-corrected chi connectivity index (χ3v) is 4.12. The number of thiophene rings is 1. The summed E-state index contributed by atoms with van der Waals surface area (Å²) in [5.74, 6) is 0. The molecule has 0 aliphatic heterocycles. The Labute approximate surface area is 106 Å². The van der Waals surface area contributed by atoms with Crippen molar-refractivity contribution >= 4 is 21.4 Å². The SMILES string of the molecule is CCc1ccc(-c2csc3ccccc23)cc1. The summed E-state index contributed by atoms with van der Waals surface area (Å²) in [6.45, 7) is 2.19. The van der Waals surface area contributed by atoms with Gasteiger partial charge in [0, 0.05) is 15.6 Å². The molecule has 1 aromatic heterocycles. The van der Waals surface area contributed by atoms with Crippen molar-refractivity contribution in [3.05, 3.63) is 59.5 Å². The summed E-state index contributed by atoms with van der Waals surface area (Å²) in [5, 5.41) is 3.62. The monoisotopic (exact) mass is 238 g/mol. The highest BCUT2D eigenvalue weighted by Gasteiger charge is 2.05. The van der Waals surface area contributed by atoms with Gasteiger partial charge in [-0.25, -0.2) is 0 Å². The summed E-state index contributed by atoms with van der Waals surface area (Å²) >= 11 is 1.82. The summed E-state index contributed by atoms with van der Waals surface area (Å²) in [6.07, 6.45) is 1.10. The summed E-state index contributed by atoms with van der Waals surface area (Å²) < 4.78 is 1.36. The minimum atomic E-state index is 1.10. The predicted molar refractivity (Wildman–Crippen MR) is 76.6 cm³/mol. The second-order valence-corrected chi connectivity index (χ2v) is 5.11. The molecule has 0 radical (unpaired) electrons. The van der Waals surface area contributed by atoms with Crippen molar-refractivity contribution in [3.63, 3.8) is 0 Å². The van der Waals surface area contributed by atoms with Crippen molar-refractivity contribution in [1.82, 2.24) is 0 Å². The van der Waals surface area contributed by atoms with Gasteiger partial charge in [-0.2, -0.15) is 0 Å². The first kappa shape index (κ1) is 10.5. The van der Waals surface area contributed by atoms with E-state index in [1.807, 2.05) is 11.3 Å². The number of hydrogen-bond donors (Lipinski definition) is 0. The Morgan fingerprint density at radius 2 is 1.71 bits per heavy atom. The number of aryl methyl sites for hydroxylation is 1. The molecular formula is C16H14S. The lowest BCUT2D eigenvalue weighted by atomic mass is 10.0. The van der Waals surface area contributed by atoms with Crippen LogP contribution in [0.2, 0.25) is 0 Å². The van der Waals surface area contributed by atoms with Crippen molar-refractivity contribution in [2.75, 3.05) is 0 Å². The number of fused-ring (bicyclic) bond motifs is 1. The van der Waals surface area contributed by atoms with Gasteiger partial charge in [0.15, 0.2) is 0 Å². The fourth-order valence-electron chi connectivity index (χ4n) is 2.12. The van der Waals surface area contributed by atoms with Gasteiger partial charge in [-0.3, -0.25) is 0 Å². The fourth-order valence-corrected chi connectivity index (χ4v) is 3.09. The molecule has 3 rings (SSSR count). The molecule has 1 heterocycles. The van der Waals surface area contributed by atoms with Gasteiger partial charge >= 0.3 is 0 Å². The Morgan fingerprint density at radius 1 is 0.941 bits per heavy atom. The van der Waals surface area contributed by atoms with Crippen LogP contribution in [0.3, 0.4) is 0 Å². The predicted octanol–water partition coefficient (Wildman–Crippen LogP) is 5.13. The van der Waals surface area contributed by atoms with Crippen LogP contribution >= 0.6 is 11.3 Å². The maximum atomic E-state index is 2.26. The van der Waals surface area contributed by atoms with Gasteiger partial charge in [-0.1, -0.05) is 49.4 Å². The average molecular weight is 238 g/mol. The van der Waals surface area contributed by atoms with Gasteiger partial charge in [0.05, 0.1) is 0 Å². The number of hydrogen-bond acceptors (Lipinski definition) is 1. The van der Waals surface area contributed by atoms with Crippen molar-refractivity contribution in [2.45, 2.75) is 13.3 Å².